The predicted octanol–water partition coefficient (Wildman–Crippen LogP) is 3.71. The normalized spacial score (nSPS) is 10.7. The maximum atomic E-state index is 12.3. The third-order valence-electron chi connectivity index (χ3n) is 4.39. The molecule has 0 fully saturated rings. The van der Waals surface area contributed by atoms with Gasteiger partial charge in [-0.05, 0) is 43.9 Å². The molecule has 5 nitrogen and oxygen atoms in total. The van der Waals surface area contributed by atoms with Gasteiger partial charge in [0.2, 0.25) is 0 Å². The summed E-state index contributed by atoms with van der Waals surface area (Å²) in [4.78, 5) is 20.9. The van der Waals surface area contributed by atoms with Crippen LogP contribution in [0.3, 0.4) is 0 Å². The van der Waals surface area contributed by atoms with Crippen LogP contribution in [0.1, 0.15) is 16.1 Å². The van der Waals surface area contributed by atoms with E-state index in [4.69, 9.17) is 0 Å². The second-order valence-corrected chi connectivity index (χ2v) is 6.87. The quantitative estimate of drug-likeness (QED) is 0.653. The predicted molar refractivity (Wildman–Crippen MR) is 114 cm³/mol. The monoisotopic (exact) mass is 374 g/mol. The van der Waals surface area contributed by atoms with E-state index in [9.17, 15) is 4.79 Å². The molecule has 0 aliphatic rings. The van der Waals surface area contributed by atoms with Crippen LogP contribution >= 0.6 is 0 Å². The number of carbonyl (C=O) groups is 1. The van der Waals surface area contributed by atoms with Gasteiger partial charge in [0, 0.05) is 25.3 Å². The lowest BCUT2D eigenvalue weighted by atomic mass is 10.1. The Kier molecular flexibility index (Phi) is 6.76. The number of hydrogen-bond acceptors (Lipinski definition) is 4. The van der Waals surface area contributed by atoms with Crippen molar-refractivity contribution in [2.75, 3.05) is 32.1 Å². The lowest BCUT2D eigenvalue weighted by Crippen LogP contribution is -2.31. The summed E-state index contributed by atoms with van der Waals surface area (Å²) < 4.78 is 0. The first-order valence-corrected chi connectivity index (χ1v) is 9.39. The van der Waals surface area contributed by atoms with Crippen LogP contribution in [-0.4, -0.2) is 43.0 Å². The lowest BCUT2D eigenvalue weighted by molar-refractivity contribution is 0.0946. The first-order valence-electron chi connectivity index (χ1n) is 9.39. The standard InChI is InChI=1S/C23H26N4O/c1-26(2)16-15-24-23(28)22-14-13-21(17-25-22)27(20-11-7-4-8-12-20)18-19-9-5-3-6-10-19/h3-14,17H,15-16,18H2,1-2H3,(H,24,28). The second kappa shape index (κ2) is 9.67. The molecule has 0 saturated heterocycles. The smallest absolute Gasteiger partial charge is 0.269 e. The highest BCUT2D eigenvalue weighted by Gasteiger charge is 2.12. The SMILES string of the molecule is CN(C)CCNC(=O)c1ccc(N(Cc2ccccc2)c2ccccc2)cn1. The molecule has 1 aromatic heterocycles. The number of pyridine rings is 1. The van der Waals surface area contributed by atoms with Gasteiger partial charge >= 0.3 is 0 Å². The summed E-state index contributed by atoms with van der Waals surface area (Å²) in [6.07, 6.45) is 1.76. The number of hydrogen-bond donors (Lipinski definition) is 1. The Labute approximate surface area is 166 Å². The van der Waals surface area contributed by atoms with Crippen molar-refractivity contribution in [3.8, 4) is 0 Å². The number of anilines is 2. The Hall–Kier alpha value is -3.18. The van der Waals surface area contributed by atoms with Gasteiger partial charge in [0.25, 0.3) is 5.91 Å². The maximum absolute atomic E-state index is 12.3. The molecular weight excluding hydrogens is 348 g/mol. The van der Waals surface area contributed by atoms with E-state index in [1.807, 2.05) is 61.5 Å². The topological polar surface area (TPSA) is 48.5 Å². The number of nitrogens with zero attached hydrogens (tertiary/aromatic N) is 3. The van der Waals surface area contributed by atoms with Gasteiger partial charge in [-0.3, -0.25) is 4.79 Å². The number of amides is 1. The number of benzene rings is 2. The van der Waals surface area contributed by atoms with E-state index in [2.05, 4.69) is 39.5 Å². The summed E-state index contributed by atoms with van der Waals surface area (Å²) in [7, 11) is 3.95. The Morgan fingerprint density at radius 3 is 2.18 bits per heavy atom. The van der Waals surface area contributed by atoms with E-state index in [-0.39, 0.29) is 5.91 Å². The van der Waals surface area contributed by atoms with Crippen LogP contribution in [0.25, 0.3) is 0 Å². The first kappa shape index (κ1) is 19.6. The summed E-state index contributed by atoms with van der Waals surface area (Å²) >= 11 is 0. The molecule has 1 N–H and O–H groups in total. The van der Waals surface area contributed by atoms with Crippen molar-refractivity contribution in [3.05, 3.63) is 90.3 Å². The van der Waals surface area contributed by atoms with E-state index >= 15 is 0 Å². The molecule has 0 aliphatic carbocycles. The summed E-state index contributed by atoms with van der Waals surface area (Å²) in [6, 6.07) is 24.2. The van der Waals surface area contributed by atoms with Crippen molar-refractivity contribution in [3.63, 3.8) is 0 Å². The lowest BCUT2D eigenvalue weighted by Gasteiger charge is -2.25. The molecule has 2 aromatic carbocycles. The molecule has 0 unspecified atom stereocenters. The van der Waals surface area contributed by atoms with Crippen LogP contribution in [0, 0.1) is 0 Å². The third-order valence-corrected chi connectivity index (χ3v) is 4.39. The molecule has 144 valence electrons. The fraction of sp³-hybridized carbons (Fsp3) is 0.217. The Balaban J connectivity index is 1.78. The molecule has 3 rings (SSSR count). The second-order valence-electron chi connectivity index (χ2n) is 6.87. The molecule has 3 aromatic rings. The van der Waals surface area contributed by atoms with Crippen molar-refractivity contribution in [2.24, 2.45) is 0 Å². The van der Waals surface area contributed by atoms with Crippen molar-refractivity contribution in [2.45, 2.75) is 6.54 Å². The maximum Gasteiger partial charge on any atom is 0.269 e. The fourth-order valence-corrected chi connectivity index (χ4v) is 2.87. The number of nitrogens with one attached hydrogen (secondary N) is 1. The highest BCUT2D eigenvalue weighted by atomic mass is 16.1. The average Bonchev–Trinajstić information content (AvgIpc) is 2.73. The van der Waals surface area contributed by atoms with Crippen LogP contribution in [0.4, 0.5) is 11.4 Å². The van der Waals surface area contributed by atoms with Crippen molar-refractivity contribution in [1.82, 2.24) is 15.2 Å². The molecule has 0 saturated carbocycles. The van der Waals surface area contributed by atoms with Crippen LogP contribution in [0.2, 0.25) is 0 Å². The molecule has 0 atom stereocenters. The van der Waals surface area contributed by atoms with Crippen molar-refractivity contribution >= 4 is 17.3 Å². The van der Waals surface area contributed by atoms with Gasteiger partial charge in [-0.15, -0.1) is 0 Å². The molecule has 1 amide bonds. The van der Waals surface area contributed by atoms with Gasteiger partial charge < -0.3 is 15.1 Å². The minimum atomic E-state index is -0.150. The van der Waals surface area contributed by atoms with Crippen LogP contribution in [0.15, 0.2) is 79.0 Å². The Bertz CT molecular complexity index is 864. The zero-order valence-corrected chi connectivity index (χ0v) is 16.4. The molecular formula is C23H26N4O. The summed E-state index contributed by atoms with van der Waals surface area (Å²) in [5.74, 6) is -0.150. The van der Waals surface area contributed by atoms with Crippen LogP contribution in [-0.2, 0) is 6.54 Å². The number of aromatic nitrogens is 1. The van der Waals surface area contributed by atoms with Gasteiger partial charge in [-0.1, -0.05) is 48.5 Å². The third kappa shape index (κ3) is 5.41. The van der Waals surface area contributed by atoms with E-state index in [1.54, 1.807) is 12.3 Å². The van der Waals surface area contributed by atoms with Gasteiger partial charge in [-0.2, -0.15) is 0 Å². The minimum Gasteiger partial charge on any atom is -0.349 e. The molecule has 0 aliphatic heterocycles. The molecule has 0 bridgehead atoms. The molecule has 5 heteroatoms. The highest BCUT2D eigenvalue weighted by Crippen LogP contribution is 2.26. The van der Waals surface area contributed by atoms with Crippen molar-refractivity contribution in [1.29, 1.82) is 0 Å². The molecule has 1 heterocycles. The fourth-order valence-electron chi connectivity index (χ4n) is 2.87. The average molecular weight is 374 g/mol. The largest absolute Gasteiger partial charge is 0.349 e. The van der Waals surface area contributed by atoms with Gasteiger partial charge in [-0.25, -0.2) is 4.98 Å². The van der Waals surface area contributed by atoms with Gasteiger partial charge in [0.05, 0.1) is 11.9 Å². The summed E-state index contributed by atoms with van der Waals surface area (Å²) in [5, 5.41) is 2.89. The zero-order valence-electron chi connectivity index (χ0n) is 16.4. The summed E-state index contributed by atoms with van der Waals surface area (Å²) in [5.41, 5.74) is 3.66. The number of likely N-dealkylation sites (N-methyl/N-ethyl adjacent to an activating group) is 1. The van der Waals surface area contributed by atoms with E-state index < -0.39 is 0 Å². The van der Waals surface area contributed by atoms with Gasteiger partial charge in [0.15, 0.2) is 0 Å². The zero-order chi connectivity index (χ0) is 19.8. The van der Waals surface area contributed by atoms with Crippen LogP contribution < -0.4 is 10.2 Å². The first-order chi connectivity index (χ1) is 13.6. The Morgan fingerprint density at radius 2 is 1.57 bits per heavy atom. The molecule has 28 heavy (non-hydrogen) atoms. The number of rotatable bonds is 8. The Morgan fingerprint density at radius 1 is 0.893 bits per heavy atom. The van der Waals surface area contributed by atoms with Crippen molar-refractivity contribution < 1.29 is 4.79 Å². The molecule has 0 spiro atoms. The van der Waals surface area contributed by atoms with E-state index in [0.717, 1.165) is 24.5 Å². The summed E-state index contributed by atoms with van der Waals surface area (Å²) in [6.45, 7) is 2.11. The molecule has 0 radical (unpaired) electrons. The minimum absolute atomic E-state index is 0.150. The highest BCUT2D eigenvalue weighted by molar-refractivity contribution is 5.92. The number of carbonyl (C=O) groups excluding carboxylic acids is 1. The van der Waals surface area contributed by atoms with Crippen LogP contribution in [0.5, 0.6) is 0 Å². The number of para-hydroxylation sites is 1. The van der Waals surface area contributed by atoms with Gasteiger partial charge in [0.1, 0.15) is 5.69 Å². The van der Waals surface area contributed by atoms with E-state index in [1.165, 1.54) is 5.56 Å². The van der Waals surface area contributed by atoms with E-state index in [0.29, 0.717) is 12.2 Å².